The molecule has 0 aliphatic rings. The minimum absolute atomic E-state index is 0.110. The van der Waals surface area contributed by atoms with Crippen LogP contribution in [0.2, 0.25) is 0 Å². The summed E-state index contributed by atoms with van der Waals surface area (Å²) in [7, 11) is 3.40. The second kappa shape index (κ2) is 7.28. The van der Waals surface area contributed by atoms with E-state index in [1.807, 2.05) is 30.3 Å². The molecule has 0 amide bonds. The first-order valence-corrected chi connectivity index (χ1v) is 8.97. The van der Waals surface area contributed by atoms with Crippen molar-refractivity contribution in [2.75, 3.05) is 12.4 Å². The molecule has 2 heterocycles. The second-order valence-corrected chi connectivity index (χ2v) is 6.83. The van der Waals surface area contributed by atoms with Crippen molar-refractivity contribution in [1.82, 2.24) is 18.7 Å². The van der Waals surface area contributed by atoms with Gasteiger partial charge in [0.25, 0.3) is 5.56 Å². The van der Waals surface area contributed by atoms with E-state index in [4.69, 9.17) is 5.11 Å². The zero-order valence-electron chi connectivity index (χ0n) is 14.2. The van der Waals surface area contributed by atoms with E-state index < -0.39 is 0 Å². The van der Waals surface area contributed by atoms with Gasteiger partial charge in [0.1, 0.15) is 0 Å². The molecule has 0 saturated heterocycles. The maximum Gasteiger partial charge on any atom is 0.332 e. The molecule has 8 heteroatoms. The van der Waals surface area contributed by atoms with Crippen molar-refractivity contribution in [2.24, 2.45) is 14.1 Å². The van der Waals surface area contributed by atoms with Gasteiger partial charge in [-0.15, -0.1) is 0 Å². The summed E-state index contributed by atoms with van der Waals surface area (Å²) < 4.78 is 4.37. The van der Waals surface area contributed by atoms with E-state index >= 15 is 0 Å². The fraction of sp³-hybridized carbons (Fsp3) is 0.353. The molecule has 132 valence electrons. The molecule has 0 aliphatic carbocycles. The average Bonchev–Trinajstić information content (AvgIpc) is 2.95. The van der Waals surface area contributed by atoms with Gasteiger partial charge in [-0.2, -0.15) is 0 Å². The third-order valence-electron chi connectivity index (χ3n) is 4.04. The number of thioether (sulfide) groups is 1. The molecule has 3 rings (SSSR count). The standard InChI is InChI=1S/C17H20N4O3S/c1-19-13-14(18-16(19)25-10-6-9-22)20(2)17(24)21(15(13)23)11-12-7-4-3-5-8-12/h3-5,7-8,22H,6,9-11H2,1-2H3. The van der Waals surface area contributed by atoms with Gasteiger partial charge in [0, 0.05) is 26.5 Å². The van der Waals surface area contributed by atoms with Crippen LogP contribution in [0.25, 0.3) is 11.2 Å². The molecule has 25 heavy (non-hydrogen) atoms. The monoisotopic (exact) mass is 360 g/mol. The smallest absolute Gasteiger partial charge is 0.332 e. The summed E-state index contributed by atoms with van der Waals surface area (Å²) in [5.41, 5.74) is 0.955. The molecular weight excluding hydrogens is 340 g/mol. The average molecular weight is 360 g/mol. The van der Waals surface area contributed by atoms with Crippen LogP contribution in [0.3, 0.4) is 0 Å². The van der Waals surface area contributed by atoms with E-state index in [-0.39, 0.29) is 24.4 Å². The predicted molar refractivity (Wildman–Crippen MR) is 98.2 cm³/mol. The highest BCUT2D eigenvalue weighted by atomic mass is 32.2. The number of rotatable bonds is 6. The van der Waals surface area contributed by atoms with E-state index in [0.717, 1.165) is 5.56 Å². The van der Waals surface area contributed by atoms with Crippen LogP contribution in [-0.2, 0) is 20.6 Å². The molecule has 0 spiro atoms. The van der Waals surface area contributed by atoms with Gasteiger partial charge in [0.15, 0.2) is 16.3 Å². The van der Waals surface area contributed by atoms with Gasteiger partial charge in [-0.1, -0.05) is 42.1 Å². The second-order valence-electron chi connectivity index (χ2n) is 5.77. The fourth-order valence-corrected chi connectivity index (χ4v) is 3.58. The van der Waals surface area contributed by atoms with Crippen molar-refractivity contribution >= 4 is 22.9 Å². The summed E-state index contributed by atoms with van der Waals surface area (Å²) in [6.45, 7) is 0.333. The molecule has 7 nitrogen and oxygen atoms in total. The van der Waals surface area contributed by atoms with Crippen molar-refractivity contribution in [3.63, 3.8) is 0 Å². The molecule has 0 aliphatic heterocycles. The third-order valence-corrected chi connectivity index (χ3v) is 5.15. The van der Waals surface area contributed by atoms with Crippen LogP contribution in [0.4, 0.5) is 0 Å². The summed E-state index contributed by atoms with van der Waals surface area (Å²) in [4.78, 5) is 30.0. The van der Waals surface area contributed by atoms with Gasteiger partial charge in [-0.05, 0) is 12.0 Å². The normalized spacial score (nSPS) is 11.3. The van der Waals surface area contributed by atoms with Crippen LogP contribution in [0.5, 0.6) is 0 Å². The van der Waals surface area contributed by atoms with E-state index in [1.165, 1.54) is 20.9 Å². The van der Waals surface area contributed by atoms with E-state index in [9.17, 15) is 9.59 Å². The lowest BCUT2D eigenvalue weighted by molar-refractivity contribution is 0.296. The first-order valence-electron chi connectivity index (χ1n) is 7.98. The Morgan fingerprint density at radius 2 is 1.84 bits per heavy atom. The minimum atomic E-state index is -0.383. The molecule has 0 fully saturated rings. The Bertz CT molecular complexity index is 1000. The number of aryl methyl sites for hydroxylation is 2. The number of fused-ring (bicyclic) bond motifs is 1. The van der Waals surface area contributed by atoms with Crippen LogP contribution in [-0.4, -0.2) is 36.2 Å². The lowest BCUT2D eigenvalue weighted by atomic mass is 10.2. The molecule has 0 atom stereocenters. The molecular formula is C17H20N4O3S. The Hall–Kier alpha value is -2.32. The predicted octanol–water partition coefficient (Wildman–Crippen LogP) is 0.956. The van der Waals surface area contributed by atoms with Crippen molar-refractivity contribution in [2.45, 2.75) is 18.1 Å². The SMILES string of the molecule is Cn1c(SCCCO)nc2c1c(=O)n(Cc1ccccc1)c(=O)n2C. The van der Waals surface area contributed by atoms with E-state index in [2.05, 4.69) is 4.98 Å². The third kappa shape index (κ3) is 3.27. The number of aliphatic hydroxyl groups excluding tert-OH is 1. The highest BCUT2D eigenvalue weighted by molar-refractivity contribution is 7.99. The van der Waals surface area contributed by atoms with Crippen LogP contribution < -0.4 is 11.2 Å². The van der Waals surface area contributed by atoms with E-state index in [1.54, 1.807) is 18.7 Å². The Labute approximate surface area is 148 Å². The van der Waals surface area contributed by atoms with Gasteiger partial charge >= 0.3 is 5.69 Å². The first-order chi connectivity index (χ1) is 12.0. The summed E-state index contributed by atoms with van der Waals surface area (Å²) >= 11 is 1.46. The summed E-state index contributed by atoms with van der Waals surface area (Å²) in [5, 5.41) is 9.58. The zero-order valence-corrected chi connectivity index (χ0v) is 15.0. The molecule has 0 radical (unpaired) electrons. The highest BCUT2D eigenvalue weighted by Crippen LogP contribution is 2.20. The van der Waals surface area contributed by atoms with Gasteiger partial charge < -0.3 is 9.67 Å². The van der Waals surface area contributed by atoms with Crippen LogP contribution >= 0.6 is 11.8 Å². The van der Waals surface area contributed by atoms with Crippen LogP contribution in [0.15, 0.2) is 45.1 Å². The zero-order chi connectivity index (χ0) is 18.0. The lowest BCUT2D eigenvalue weighted by Crippen LogP contribution is -2.39. The quantitative estimate of drug-likeness (QED) is 0.523. The molecule has 2 aromatic heterocycles. The topological polar surface area (TPSA) is 82.1 Å². The number of hydrogen-bond acceptors (Lipinski definition) is 5. The molecule has 0 unspecified atom stereocenters. The number of nitrogens with zero attached hydrogens (tertiary/aromatic N) is 4. The lowest BCUT2D eigenvalue weighted by Gasteiger charge is -2.08. The van der Waals surface area contributed by atoms with Crippen molar-refractivity contribution in [3.05, 3.63) is 56.7 Å². The van der Waals surface area contributed by atoms with Crippen molar-refractivity contribution in [1.29, 1.82) is 0 Å². The van der Waals surface area contributed by atoms with Gasteiger partial charge in [-0.3, -0.25) is 13.9 Å². The number of aromatic nitrogens is 4. The van der Waals surface area contributed by atoms with Gasteiger partial charge in [0.2, 0.25) is 0 Å². The molecule has 3 aromatic rings. The van der Waals surface area contributed by atoms with Crippen molar-refractivity contribution in [3.8, 4) is 0 Å². The van der Waals surface area contributed by atoms with Crippen molar-refractivity contribution < 1.29 is 5.11 Å². The molecule has 0 bridgehead atoms. The Morgan fingerprint density at radius 1 is 1.12 bits per heavy atom. The molecule has 1 N–H and O–H groups in total. The fourth-order valence-electron chi connectivity index (χ4n) is 2.69. The van der Waals surface area contributed by atoms with Crippen LogP contribution in [0.1, 0.15) is 12.0 Å². The molecule has 0 saturated carbocycles. The van der Waals surface area contributed by atoms with E-state index in [0.29, 0.717) is 28.5 Å². The highest BCUT2D eigenvalue weighted by Gasteiger charge is 2.18. The maximum absolute atomic E-state index is 12.9. The summed E-state index contributed by atoms with van der Waals surface area (Å²) in [5.74, 6) is 0.694. The molecule has 1 aromatic carbocycles. The summed E-state index contributed by atoms with van der Waals surface area (Å²) in [6.07, 6.45) is 0.644. The number of imidazole rings is 1. The minimum Gasteiger partial charge on any atom is -0.396 e. The van der Waals surface area contributed by atoms with Gasteiger partial charge in [0.05, 0.1) is 6.54 Å². The maximum atomic E-state index is 12.9. The van der Waals surface area contributed by atoms with Gasteiger partial charge in [-0.25, -0.2) is 9.78 Å². The Balaban J connectivity index is 2.12. The first kappa shape index (κ1) is 17.5. The Morgan fingerprint density at radius 3 is 2.52 bits per heavy atom. The summed E-state index contributed by atoms with van der Waals surface area (Å²) in [6, 6.07) is 9.42. The van der Waals surface area contributed by atoms with Crippen LogP contribution in [0, 0.1) is 0 Å². The Kier molecular flexibility index (Phi) is 5.10. The number of benzene rings is 1. The number of hydrogen-bond donors (Lipinski definition) is 1. The largest absolute Gasteiger partial charge is 0.396 e. The number of aliphatic hydroxyl groups is 1.